The lowest BCUT2D eigenvalue weighted by Gasteiger charge is -2.09. The fourth-order valence-electron chi connectivity index (χ4n) is 2.47. The molecule has 0 radical (unpaired) electrons. The first-order valence-corrected chi connectivity index (χ1v) is 10.3. The fourth-order valence-corrected chi connectivity index (χ4v) is 3.09. The van der Waals surface area contributed by atoms with Gasteiger partial charge in [-0.25, -0.2) is 0 Å². The minimum Gasteiger partial charge on any atom is -0.391 e. The van der Waals surface area contributed by atoms with E-state index in [1.165, 1.54) is 36.5 Å². The van der Waals surface area contributed by atoms with E-state index in [1.54, 1.807) is 13.0 Å². The molecule has 7 nitrogen and oxygen atoms in total. The number of hydrogen-bond acceptors (Lipinski definition) is 6. The third kappa shape index (κ3) is 6.59. The number of benzene rings is 2. The van der Waals surface area contributed by atoms with E-state index in [1.807, 2.05) is 0 Å². The van der Waals surface area contributed by atoms with Gasteiger partial charge in [0.25, 0.3) is 5.91 Å². The van der Waals surface area contributed by atoms with Gasteiger partial charge in [0.1, 0.15) is 6.61 Å². The van der Waals surface area contributed by atoms with Crippen LogP contribution < -0.4 is 5.32 Å². The molecule has 0 aliphatic heterocycles. The second-order valence-corrected chi connectivity index (χ2v) is 7.87. The molecule has 3 rings (SSSR count). The molecule has 0 saturated carbocycles. The van der Waals surface area contributed by atoms with Gasteiger partial charge in [-0.15, -0.1) is 0 Å². The highest BCUT2D eigenvalue weighted by atomic mass is 35.5. The van der Waals surface area contributed by atoms with Crippen molar-refractivity contribution in [1.29, 1.82) is 0 Å². The number of carbonyl (C=O) groups is 1. The Morgan fingerprint density at radius 1 is 1.18 bits per heavy atom. The van der Waals surface area contributed by atoms with Crippen molar-refractivity contribution in [3.8, 4) is 11.4 Å². The van der Waals surface area contributed by atoms with Crippen LogP contribution in [0.5, 0.6) is 0 Å². The van der Waals surface area contributed by atoms with E-state index in [4.69, 9.17) is 39.6 Å². The molecule has 0 bridgehead atoms. The van der Waals surface area contributed by atoms with Gasteiger partial charge in [-0.1, -0.05) is 57.2 Å². The van der Waals surface area contributed by atoms with Crippen LogP contribution in [0.2, 0.25) is 15.1 Å². The topological polar surface area (TPSA) is 89.6 Å². The number of oxime groups is 1. The Hall–Kier alpha value is -2.82. The summed E-state index contributed by atoms with van der Waals surface area (Å²) < 4.78 is 41.9. The number of rotatable bonds is 7. The molecule has 1 N–H and O–H groups in total. The van der Waals surface area contributed by atoms with E-state index in [-0.39, 0.29) is 23.6 Å². The zero-order chi connectivity index (χ0) is 24.2. The molecule has 1 unspecified atom stereocenters. The van der Waals surface area contributed by atoms with Crippen LogP contribution in [0.1, 0.15) is 28.7 Å². The van der Waals surface area contributed by atoms with Crippen molar-refractivity contribution in [2.75, 3.05) is 0 Å². The first kappa shape index (κ1) is 24.8. The summed E-state index contributed by atoms with van der Waals surface area (Å²) in [4.78, 5) is 20.8. The Labute approximate surface area is 200 Å². The average molecular weight is 522 g/mol. The number of nitrogens with one attached hydrogen (secondary N) is 1. The molecule has 0 aliphatic carbocycles. The van der Waals surface area contributed by atoms with Gasteiger partial charge < -0.3 is 14.7 Å². The molecule has 0 fully saturated rings. The molecule has 13 heteroatoms. The Morgan fingerprint density at radius 3 is 2.48 bits per heavy atom. The lowest BCUT2D eigenvalue weighted by atomic mass is 10.1. The molecule has 0 spiro atoms. The lowest BCUT2D eigenvalue weighted by molar-refractivity contribution is -0.159. The number of aromatic nitrogens is 2. The molecule has 33 heavy (non-hydrogen) atoms. The van der Waals surface area contributed by atoms with Gasteiger partial charge in [0, 0.05) is 21.7 Å². The average Bonchev–Trinajstić information content (AvgIpc) is 3.25. The number of carbonyl (C=O) groups excluding carboxylic acids is 1. The quantitative estimate of drug-likeness (QED) is 0.233. The first-order valence-electron chi connectivity index (χ1n) is 9.15. The van der Waals surface area contributed by atoms with Gasteiger partial charge >= 0.3 is 12.1 Å². The molecule has 2 aromatic carbocycles. The summed E-state index contributed by atoms with van der Waals surface area (Å²) in [5.74, 6) is -2.12. The zero-order valence-electron chi connectivity index (χ0n) is 16.7. The lowest BCUT2D eigenvalue weighted by Crippen LogP contribution is -2.33. The zero-order valence-corrected chi connectivity index (χ0v) is 18.9. The molecular weight excluding hydrogens is 508 g/mol. The number of nitrogens with zero attached hydrogens (tertiary/aromatic N) is 3. The third-order valence-electron chi connectivity index (χ3n) is 4.10. The van der Waals surface area contributed by atoms with Crippen molar-refractivity contribution in [2.45, 2.75) is 25.7 Å². The van der Waals surface area contributed by atoms with Crippen molar-refractivity contribution in [3.63, 3.8) is 0 Å². The second kappa shape index (κ2) is 10.4. The van der Waals surface area contributed by atoms with Crippen LogP contribution in [0.4, 0.5) is 13.2 Å². The van der Waals surface area contributed by atoms with Crippen molar-refractivity contribution in [1.82, 2.24) is 15.5 Å². The summed E-state index contributed by atoms with van der Waals surface area (Å²) in [5.41, 5.74) is 1.11. The summed E-state index contributed by atoms with van der Waals surface area (Å²) in [6.07, 6.45) is -3.36. The number of halogens is 6. The molecular formula is C20H14Cl3F3N4O3. The van der Waals surface area contributed by atoms with Crippen LogP contribution in [0, 0.1) is 0 Å². The minimum absolute atomic E-state index is 0.0421. The number of amides is 1. The van der Waals surface area contributed by atoms with E-state index in [2.05, 4.69) is 25.1 Å². The van der Waals surface area contributed by atoms with E-state index in [0.717, 1.165) is 0 Å². The largest absolute Gasteiger partial charge is 0.471 e. The van der Waals surface area contributed by atoms with E-state index < -0.39 is 24.0 Å². The van der Waals surface area contributed by atoms with Crippen molar-refractivity contribution in [3.05, 3.63) is 68.5 Å². The predicted molar refractivity (Wildman–Crippen MR) is 116 cm³/mol. The number of hydrogen-bond donors (Lipinski definition) is 1. The molecule has 0 saturated heterocycles. The smallest absolute Gasteiger partial charge is 0.391 e. The van der Waals surface area contributed by atoms with Crippen molar-refractivity contribution in [2.24, 2.45) is 5.16 Å². The normalized spacial score (nSPS) is 12.7. The molecule has 3 aromatic rings. The Bertz CT molecular complexity index is 1170. The van der Waals surface area contributed by atoms with Crippen LogP contribution in [0.25, 0.3) is 11.4 Å². The second-order valence-electron chi connectivity index (χ2n) is 6.65. The fraction of sp³-hybridized carbons (Fsp3) is 0.200. The summed E-state index contributed by atoms with van der Waals surface area (Å²) >= 11 is 17.9. The summed E-state index contributed by atoms with van der Waals surface area (Å²) in [7, 11) is 0. The molecule has 1 heterocycles. The molecule has 174 valence electrons. The summed E-state index contributed by atoms with van der Waals surface area (Å²) in [6.45, 7) is 1.71. The van der Waals surface area contributed by atoms with Crippen LogP contribution in [-0.2, 0) is 17.6 Å². The molecule has 0 aliphatic rings. The summed E-state index contributed by atoms with van der Waals surface area (Å²) in [6, 6.07) is 8.21. The Kier molecular flexibility index (Phi) is 7.83. The van der Waals surface area contributed by atoms with Crippen LogP contribution in [-0.4, -0.2) is 28.3 Å². The minimum atomic E-state index is -4.74. The van der Waals surface area contributed by atoms with Gasteiger partial charge in [0.2, 0.25) is 5.82 Å². The maximum Gasteiger partial charge on any atom is 0.471 e. The SMILES string of the molecule is CC(C=NOCc1cc(Cl)c(Cl)cc1Cl)NC(=O)c1ccc(-c2noc(C(F)(F)F)n2)cc1. The highest BCUT2D eigenvalue weighted by Gasteiger charge is 2.38. The van der Waals surface area contributed by atoms with Crippen molar-refractivity contribution < 1.29 is 27.3 Å². The molecule has 1 amide bonds. The van der Waals surface area contributed by atoms with Crippen LogP contribution in [0.3, 0.4) is 0 Å². The number of alkyl halides is 3. The highest BCUT2D eigenvalue weighted by Crippen LogP contribution is 2.30. The maximum absolute atomic E-state index is 12.6. The van der Waals surface area contributed by atoms with E-state index >= 15 is 0 Å². The Balaban J connectivity index is 1.53. The van der Waals surface area contributed by atoms with Gasteiger partial charge in [-0.05, 0) is 31.2 Å². The summed E-state index contributed by atoms with van der Waals surface area (Å²) in [5, 5.41) is 10.8. The monoisotopic (exact) mass is 520 g/mol. The maximum atomic E-state index is 12.6. The standard InChI is InChI=1S/C20H14Cl3F3N4O3/c1-10(8-27-32-9-13-6-15(22)16(23)7-14(13)21)28-18(31)12-4-2-11(3-5-12)17-29-19(33-30-17)20(24,25)26/h2-8,10H,9H2,1H3,(H,28,31). The van der Waals surface area contributed by atoms with Gasteiger partial charge in [0.15, 0.2) is 0 Å². The van der Waals surface area contributed by atoms with E-state index in [0.29, 0.717) is 20.6 Å². The molecule has 1 aromatic heterocycles. The molecule has 1 atom stereocenters. The van der Waals surface area contributed by atoms with Gasteiger partial charge in [-0.3, -0.25) is 4.79 Å². The van der Waals surface area contributed by atoms with Gasteiger partial charge in [-0.2, -0.15) is 18.2 Å². The van der Waals surface area contributed by atoms with Crippen molar-refractivity contribution >= 4 is 46.9 Å². The van der Waals surface area contributed by atoms with Crippen LogP contribution in [0.15, 0.2) is 46.1 Å². The van der Waals surface area contributed by atoms with E-state index in [9.17, 15) is 18.0 Å². The van der Waals surface area contributed by atoms with Gasteiger partial charge in [0.05, 0.1) is 22.3 Å². The van der Waals surface area contributed by atoms with Crippen LogP contribution >= 0.6 is 34.8 Å². The highest BCUT2D eigenvalue weighted by molar-refractivity contribution is 6.43. The Morgan fingerprint density at radius 2 is 1.85 bits per heavy atom. The predicted octanol–water partition coefficient (Wildman–Crippen LogP) is 6.04. The third-order valence-corrected chi connectivity index (χ3v) is 5.17. The first-order chi connectivity index (χ1) is 15.5.